The molecule has 0 saturated heterocycles. The van der Waals surface area contributed by atoms with Gasteiger partial charge in [0.15, 0.2) is 0 Å². The van der Waals surface area contributed by atoms with E-state index >= 15 is 0 Å². The van der Waals surface area contributed by atoms with Crippen molar-refractivity contribution in [1.29, 1.82) is 0 Å². The van der Waals surface area contributed by atoms with Crippen molar-refractivity contribution in [2.75, 3.05) is 5.73 Å². The Kier molecular flexibility index (Phi) is 4.69. The minimum Gasteiger partial charge on any atom is -0.398 e. The van der Waals surface area contributed by atoms with Crippen LogP contribution >= 0.6 is 11.6 Å². The number of nitrogens with two attached hydrogens (primary N) is 1. The third-order valence-corrected chi connectivity index (χ3v) is 3.49. The van der Waals surface area contributed by atoms with Gasteiger partial charge in [-0.3, -0.25) is 0 Å². The smallest absolute Gasteiger partial charge is 0.106 e. The Morgan fingerprint density at radius 2 is 1.90 bits per heavy atom. The third-order valence-electron chi connectivity index (χ3n) is 3.25. The molecule has 2 aromatic carbocycles. The molecule has 1 unspecified atom stereocenters. The number of nitrogen functional groups attached to an aromatic ring is 1. The van der Waals surface area contributed by atoms with Gasteiger partial charge in [-0.15, -0.1) is 0 Å². The van der Waals surface area contributed by atoms with Gasteiger partial charge in [0.05, 0.1) is 0 Å². The predicted molar refractivity (Wildman–Crippen MR) is 84.9 cm³/mol. The molecule has 20 heavy (non-hydrogen) atoms. The Balaban J connectivity index is 2.30. The second-order valence-electron chi connectivity index (χ2n) is 5.52. The van der Waals surface area contributed by atoms with Gasteiger partial charge in [0, 0.05) is 16.3 Å². The van der Waals surface area contributed by atoms with E-state index in [0.717, 1.165) is 12.0 Å². The van der Waals surface area contributed by atoms with Gasteiger partial charge in [0.25, 0.3) is 0 Å². The van der Waals surface area contributed by atoms with Crippen LogP contribution in [0.25, 0.3) is 0 Å². The van der Waals surface area contributed by atoms with Crippen molar-refractivity contribution in [2.45, 2.75) is 26.4 Å². The lowest BCUT2D eigenvalue weighted by molar-refractivity contribution is 0.221. The Morgan fingerprint density at radius 3 is 2.55 bits per heavy atom. The van der Waals surface area contributed by atoms with Gasteiger partial charge in [-0.2, -0.15) is 0 Å². The molecule has 3 heteroatoms. The molecule has 2 rings (SSSR count). The van der Waals surface area contributed by atoms with Crippen molar-refractivity contribution in [1.82, 2.24) is 0 Å². The first-order valence-corrected chi connectivity index (χ1v) is 7.17. The number of benzene rings is 2. The van der Waals surface area contributed by atoms with Crippen LogP contribution in [0.5, 0.6) is 0 Å². The molecule has 2 aromatic rings. The first kappa shape index (κ1) is 14.9. The summed E-state index contributed by atoms with van der Waals surface area (Å²) in [5.74, 6) is 0.586. The van der Waals surface area contributed by atoms with E-state index in [4.69, 9.17) is 17.3 Å². The van der Waals surface area contributed by atoms with E-state index in [-0.39, 0.29) is 0 Å². The van der Waals surface area contributed by atoms with E-state index in [9.17, 15) is 5.11 Å². The summed E-state index contributed by atoms with van der Waals surface area (Å²) in [6, 6.07) is 13.2. The average molecular weight is 290 g/mol. The van der Waals surface area contributed by atoms with Crippen LogP contribution in [-0.4, -0.2) is 5.11 Å². The molecule has 0 fully saturated rings. The number of aliphatic hydroxyl groups is 1. The molecule has 0 bridgehead atoms. The van der Waals surface area contributed by atoms with Gasteiger partial charge in [-0.25, -0.2) is 0 Å². The quantitative estimate of drug-likeness (QED) is 0.829. The zero-order valence-corrected chi connectivity index (χ0v) is 12.6. The van der Waals surface area contributed by atoms with Crippen LogP contribution in [0, 0.1) is 5.92 Å². The Morgan fingerprint density at radius 1 is 1.15 bits per heavy atom. The fourth-order valence-corrected chi connectivity index (χ4v) is 2.52. The number of hydrogen-bond donors (Lipinski definition) is 2. The summed E-state index contributed by atoms with van der Waals surface area (Å²) >= 11 is 5.89. The molecule has 0 amide bonds. The maximum absolute atomic E-state index is 10.5. The topological polar surface area (TPSA) is 46.2 Å². The molecule has 0 radical (unpaired) electrons. The molecule has 1 atom stereocenters. The number of hydrogen-bond acceptors (Lipinski definition) is 2. The summed E-state index contributed by atoms with van der Waals surface area (Å²) in [7, 11) is 0. The van der Waals surface area contributed by atoms with Crippen LogP contribution in [0.4, 0.5) is 5.69 Å². The van der Waals surface area contributed by atoms with Gasteiger partial charge in [0.2, 0.25) is 0 Å². The lowest BCUT2D eigenvalue weighted by atomic mass is 9.95. The summed E-state index contributed by atoms with van der Waals surface area (Å²) < 4.78 is 0. The third kappa shape index (κ3) is 3.53. The lowest BCUT2D eigenvalue weighted by Gasteiger charge is -2.15. The summed E-state index contributed by atoms with van der Waals surface area (Å²) in [5, 5.41) is 11.1. The van der Waals surface area contributed by atoms with Gasteiger partial charge in [-0.05, 0) is 35.6 Å². The Hall–Kier alpha value is -1.51. The van der Waals surface area contributed by atoms with Crippen LogP contribution in [0.3, 0.4) is 0 Å². The van der Waals surface area contributed by atoms with Crippen molar-refractivity contribution >= 4 is 17.3 Å². The van der Waals surface area contributed by atoms with Gasteiger partial charge in [0.1, 0.15) is 6.10 Å². The zero-order chi connectivity index (χ0) is 14.7. The molecular weight excluding hydrogens is 270 g/mol. The number of halogens is 1. The molecule has 3 N–H and O–H groups in total. The normalized spacial score (nSPS) is 12.7. The minimum absolute atomic E-state index is 0.513. The second kappa shape index (κ2) is 6.29. The largest absolute Gasteiger partial charge is 0.398 e. The van der Waals surface area contributed by atoms with Crippen molar-refractivity contribution in [2.24, 2.45) is 5.92 Å². The van der Waals surface area contributed by atoms with Crippen molar-refractivity contribution in [3.8, 4) is 0 Å². The Labute approximate surface area is 125 Å². The number of rotatable bonds is 4. The molecule has 0 heterocycles. The molecule has 0 spiro atoms. The maximum Gasteiger partial charge on any atom is 0.106 e. The molecule has 0 aliphatic rings. The monoisotopic (exact) mass is 289 g/mol. The zero-order valence-electron chi connectivity index (χ0n) is 11.8. The summed E-state index contributed by atoms with van der Waals surface area (Å²) in [6.07, 6.45) is 0.274. The summed E-state index contributed by atoms with van der Waals surface area (Å²) in [4.78, 5) is 0. The van der Waals surface area contributed by atoms with Crippen LogP contribution < -0.4 is 5.73 Å². The minimum atomic E-state index is -0.723. The van der Waals surface area contributed by atoms with E-state index in [1.807, 2.05) is 18.2 Å². The number of aliphatic hydroxyl groups excluding tert-OH is 1. The molecule has 0 saturated carbocycles. The highest BCUT2D eigenvalue weighted by Gasteiger charge is 2.14. The SMILES string of the molecule is CC(C)Cc1cccc(C(O)c2ccc(Cl)cc2N)c1. The van der Waals surface area contributed by atoms with E-state index in [1.165, 1.54) is 5.56 Å². The molecule has 106 valence electrons. The maximum atomic E-state index is 10.5. The van der Waals surface area contributed by atoms with Gasteiger partial charge >= 0.3 is 0 Å². The molecule has 0 aliphatic carbocycles. The van der Waals surface area contributed by atoms with Gasteiger partial charge in [-0.1, -0.05) is 55.8 Å². The molecule has 2 nitrogen and oxygen atoms in total. The molecule has 0 aromatic heterocycles. The summed E-state index contributed by atoms with van der Waals surface area (Å²) in [6.45, 7) is 4.36. The number of anilines is 1. The molecular formula is C17H20ClNO. The van der Waals surface area contributed by atoms with E-state index < -0.39 is 6.10 Å². The highest BCUT2D eigenvalue weighted by Crippen LogP contribution is 2.29. The van der Waals surface area contributed by atoms with Crippen LogP contribution in [0.2, 0.25) is 5.02 Å². The van der Waals surface area contributed by atoms with Gasteiger partial charge < -0.3 is 10.8 Å². The summed E-state index contributed by atoms with van der Waals surface area (Å²) in [5.41, 5.74) is 9.22. The highest BCUT2D eigenvalue weighted by atomic mass is 35.5. The van der Waals surface area contributed by atoms with Crippen molar-refractivity contribution in [3.63, 3.8) is 0 Å². The van der Waals surface area contributed by atoms with E-state index in [0.29, 0.717) is 22.2 Å². The first-order chi connectivity index (χ1) is 9.47. The van der Waals surface area contributed by atoms with Crippen molar-refractivity contribution in [3.05, 3.63) is 64.2 Å². The van der Waals surface area contributed by atoms with Crippen LogP contribution in [0.15, 0.2) is 42.5 Å². The van der Waals surface area contributed by atoms with Crippen LogP contribution in [-0.2, 0) is 6.42 Å². The lowest BCUT2D eigenvalue weighted by Crippen LogP contribution is -2.05. The first-order valence-electron chi connectivity index (χ1n) is 6.79. The Bertz CT molecular complexity index is 595. The fourth-order valence-electron chi connectivity index (χ4n) is 2.34. The predicted octanol–water partition coefficient (Wildman–Crippen LogP) is 4.20. The van der Waals surface area contributed by atoms with Crippen LogP contribution in [0.1, 0.15) is 36.6 Å². The van der Waals surface area contributed by atoms with Crippen molar-refractivity contribution < 1.29 is 5.11 Å². The van der Waals surface area contributed by atoms with E-state index in [1.54, 1.807) is 18.2 Å². The molecule has 0 aliphatic heterocycles. The standard InChI is InChI=1S/C17H20ClNO/c1-11(2)8-12-4-3-5-13(9-12)17(20)15-7-6-14(18)10-16(15)19/h3-7,9-11,17,20H,8,19H2,1-2H3. The van der Waals surface area contributed by atoms with E-state index in [2.05, 4.69) is 19.9 Å². The second-order valence-corrected chi connectivity index (χ2v) is 5.96. The highest BCUT2D eigenvalue weighted by molar-refractivity contribution is 6.30. The fraction of sp³-hybridized carbons (Fsp3) is 0.294. The average Bonchev–Trinajstić information content (AvgIpc) is 2.37.